The monoisotopic (exact) mass is 416 g/mol. The van der Waals surface area contributed by atoms with Gasteiger partial charge in [-0.05, 0) is 25.0 Å². The predicted octanol–water partition coefficient (Wildman–Crippen LogP) is 0.596. The Labute approximate surface area is 173 Å². The van der Waals surface area contributed by atoms with Crippen LogP contribution in [0.25, 0.3) is 5.69 Å². The zero-order chi connectivity index (χ0) is 21.8. The van der Waals surface area contributed by atoms with Gasteiger partial charge in [0.25, 0.3) is 5.91 Å². The number of nitrogens with zero attached hydrogens (tertiary/aromatic N) is 3. The molecule has 3 rings (SSSR count). The second kappa shape index (κ2) is 8.85. The van der Waals surface area contributed by atoms with E-state index in [1.54, 1.807) is 18.2 Å². The van der Waals surface area contributed by atoms with E-state index in [9.17, 15) is 14.4 Å². The van der Waals surface area contributed by atoms with Gasteiger partial charge in [0, 0.05) is 25.1 Å². The molecule has 30 heavy (non-hydrogen) atoms. The van der Waals surface area contributed by atoms with Crippen molar-refractivity contribution >= 4 is 11.8 Å². The van der Waals surface area contributed by atoms with E-state index >= 15 is 0 Å². The average molecular weight is 416 g/mol. The highest BCUT2D eigenvalue weighted by Crippen LogP contribution is 2.30. The Balaban J connectivity index is 1.97. The summed E-state index contributed by atoms with van der Waals surface area (Å²) in [6.07, 6.45) is 0.919. The topological polar surface area (TPSA) is 126 Å². The number of hydrogen-bond donors (Lipinski definition) is 1. The lowest BCUT2D eigenvalue weighted by molar-refractivity contribution is -0.123. The molecule has 2 N–H and O–H groups in total. The smallest absolute Gasteiger partial charge is 0.278 e. The van der Waals surface area contributed by atoms with Gasteiger partial charge in [0.2, 0.25) is 17.2 Å². The molecule has 1 aromatic heterocycles. The summed E-state index contributed by atoms with van der Waals surface area (Å²) < 4.78 is 17.2. The van der Waals surface area contributed by atoms with Crippen molar-refractivity contribution < 1.29 is 23.8 Å². The summed E-state index contributed by atoms with van der Waals surface area (Å²) in [7, 11) is 4.43. The quantitative estimate of drug-likeness (QED) is 0.730. The lowest BCUT2D eigenvalue weighted by Crippen LogP contribution is -2.43. The molecule has 1 aliphatic rings. The summed E-state index contributed by atoms with van der Waals surface area (Å²) >= 11 is 0. The van der Waals surface area contributed by atoms with Gasteiger partial charge in [0.05, 0.1) is 33.1 Å². The number of carbonyl (C=O) groups is 2. The molecule has 0 saturated carbocycles. The number of aromatic nitrogens is 2. The average Bonchev–Trinajstić information content (AvgIpc) is 2.77. The number of amides is 2. The molecule has 160 valence electrons. The van der Waals surface area contributed by atoms with Gasteiger partial charge < -0.3 is 24.8 Å². The van der Waals surface area contributed by atoms with E-state index in [-0.39, 0.29) is 23.4 Å². The van der Waals surface area contributed by atoms with Gasteiger partial charge in [0.1, 0.15) is 0 Å². The number of likely N-dealkylation sites (tertiary alicyclic amines) is 1. The summed E-state index contributed by atoms with van der Waals surface area (Å²) in [4.78, 5) is 38.3. The minimum atomic E-state index is -0.550. The molecule has 10 heteroatoms. The van der Waals surface area contributed by atoms with Crippen LogP contribution in [0.1, 0.15) is 23.3 Å². The number of carbonyl (C=O) groups excluding carboxylic acids is 2. The van der Waals surface area contributed by atoms with Crippen LogP contribution in [0.15, 0.2) is 29.1 Å². The lowest BCUT2D eigenvalue weighted by atomic mass is 9.96. The van der Waals surface area contributed by atoms with Gasteiger partial charge in [-0.15, -0.1) is 0 Å². The zero-order valence-corrected chi connectivity index (χ0v) is 17.1. The van der Waals surface area contributed by atoms with Gasteiger partial charge in [0.15, 0.2) is 17.2 Å². The van der Waals surface area contributed by atoms with Crippen molar-refractivity contribution in [2.24, 2.45) is 11.7 Å². The van der Waals surface area contributed by atoms with E-state index in [1.165, 1.54) is 37.0 Å². The van der Waals surface area contributed by atoms with Crippen LogP contribution in [0.4, 0.5) is 0 Å². The fourth-order valence-corrected chi connectivity index (χ4v) is 3.39. The number of rotatable bonds is 6. The minimum absolute atomic E-state index is 0.163. The zero-order valence-electron chi connectivity index (χ0n) is 17.1. The van der Waals surface area contributed by atoms with Crippen LogP contribution in [-0.4, -0.2) is 60.9 Å². The lowest BCUT2D eigenvalue weighted by Gasteiger charge is -2.30. The second-order valence-corrected chi connectivity index (χ2v) is 6.82. The third-order valence-electron chi connectivity index (χ3n) is 5.10. The summed E-state index contributed by atoms with van der Waals surface area (Å²) in [6.45, 7) is 0.659. The van der Waals surface area contributed by atoms with Crippen molar-refractivity contribution in [3.63, 3.8) is 0 Å². The maximum atomic E-state index is 13.0. The molecule has 1 aliphatic heterocycles. The summed E-state index contributed by atoms with van der Waals surface area (Å²) in [6, 6.07) is 6.26. The van der Waals surface area contributed by atoms with Gasteiger partial charge in [-0.25, -0.2) is 0 Å². The van der Waals surface area contributed by atoms with Gasteiger partial charge >= 0.3 is 0 Å². The fourth-order valence-electron chi connectivity index (χ4n) is 3.39. The highest BCUT2D eigenvalue weighted by Gasteiger charge is 2.29. The normalized spacial score (nSPS) is 14.3. The first-order valence-corrected chi connectivity index (χ1v) is 9.39. The van der Waals surface area contributed by atoms with E-state index < -0.39 is 11.3 Å². The van der Waals surface area contributed by atoms with Crippen LogP contribution in [0, 0.1) is 5.92 Å². The molecule has 1 saturated heterocycles. The Morgan fingerprint density at radius 1 is 1.03 bits per heavy atom. The summed E-state index contributed by atoms with van der Waals surface area (Å²) in [5.41, 5.74) is 5.08. The van der Waals surface area contributed by atoms with Crippen molar-refractivity contribution in [2.75, 3.05) is 34.4 Å². The molecule has 0 unspecified atom stereocenters. The van der Waals surface area contributed by atoms with E-state index in [2.05, 4.69) is 5.10 Å². The highest BCUT2D eigenvalue weighted by molar-refractivity contribution is 5.92. The third kappa shape index (κ3) is 4.07. The van der Waals surface area contributed by atoms with Crippen LogP contribution in [-0.2, 0) is 4.79 Å². The fraction of sp³-hybridized carbons (Fsp3) is 0.400. The minimum Gasteiger partial charge on any atom is -0.493 e. The SMILES string of the molecule is COc1ccc(-n2nc(C(=O)N3CCC(C(N)=O)CC3)c(=O)cc2OC)cc1OC. The van der Waals surface area contributed by atoms with Crippen LogP contribution < -0.4 is 25.4 Å². The first-order valence-electron chi connectivity index (χ1n) is 9.39. The molecular formula is C20H24N4O6. The molecule has 10 nitrogen and oxygen atoms in total. The maximum Gasteiger partial charge on any atom is 0.278 e. The largest absolute Gasteiger partial charge is 0.493 e. The molecule has 0 radical (unpaired) electrons. The van der Waals surface area contributed by atoms with Crippen LogP contribution in [0.5, 0.6) is 17.4 Å². The number of piperidine rings is 1. The predicted molar refractivity (Wildman–Crippen MR) is 107 cm³/mol. The van der Waals surface area contributed by atoms with Gasteiger partial charge in [-0.3, -0.25) is 14.4 Å². The van der Waals surface area contributed by atoms with E-state index in [0.29, 0.717) is 43.1 Å². The van der Waals surface area contributed by atoms with E-state index in [0.717, 1.165) is 0 Å². The summed E-state index contributed by atoms with van der Waals surface area (Å²) in [5, 5.41) is 4.27. The molecule has 0 bridgehead atoms. The molecule has 1 fully saturated rings. The Bertz CT molecular complexity index is 1010. The third-order valence-corrected chi connectivity index (χ3v) is 5.10. The molecule has 0 spiro atoms. The van der Waals surface area contributed by atoms with Crippen LogP contribution in [0.3, 0.4) is 0 Å². The Morgan fingerprint density at radius 2 is 1.70 bits per heavy atom. The second-order valence-electron chi connectivity index (χ2n) is 6.82. The Hall–Kier alpha value is -3.56. The molecule has 2 heterocycles. The number of hydrogen-bond acceptors (Lipinski definition) is 7. The van der Waals surface area contributed by atoms with E-state index in [1.807, 2.05) is 0 Å². The first-order chi connectivity index (χ1) is 14.4. The van der Waals surface area contributed by atoms with Crippen molar-refractivity contribution in [2.45, 2.75) is 12.8 Å². The van der Waals surface area contributed by atoms with Gasteiger partial charge in [-0.1, -0.05) is 0 Å². The molecule has 1 aromatic carbocycles. The van der Waals surface area contributed by atoms with Crippen molar-refractivity contribution in [1.29, 1.82) is 0 Å². The van der Waals surface area contributed by atoms with Crippen molar-refractivity contribution in [3.05, 3.63) is 40.2 Å². The van der Waals surface area contributed by atoms with Crippen molar-refractivity contribution in [1.82, 2.24) is 14.7 Å². The van der Waals surface area contributed by atoms with Crippen LogP contribution in [0.2, 0.25) is 0 Å². The molecule has 0 atom stereocenters. The summed E-state index contributed by atoms with van der Waals surface area (Å²) in [5.74, 6) is 0.00613. The van der Waals surface area contributed by atoms with Crippen LogP contribution >= 0.6 is 0 Å². The number of nitrogens with two attached hydrogens (primary N) is 1. The number of ether oxygens (including phenoxy) is 3. The first kappa shape index (κ1) is 21.2. The molecule has 2 amide bonds. The molecule has 0 aliphatic carbocycles. The standard InChI is InChI=1S/C20H24N4O6/c1-28-15-5-4-13(10-16(15)29-2)24-17(30-3)11-14(25)18(22-24)20(27)23-8-6-12(7-9-23)19(21)26/h4-5,10-12H,6-9H2,1-3H3,(H2,21,26). The molecular weight excluding hydrogens is 392 g/mol. The van der Waals surface area contributed by atoms with E-state index in [4.69, 9.17) is 19.9 Å². The molecule has 2 aromatic rings. The van der Waals surface area contributed by atoms with Gasteiger partial charge in [-0.2, -0.15) is 9.78 Å². The number of primary amides is 1. The van der Waals surface area contributed by atoms with Crippen molar-refractivity contribution in [3.8, 4) is 23.1 Å². The number of methoxy groups -OCH3 is 3. The number of benzene rings is 1. The Kier molecular flexibility index (Phi) is 6.24. The maximum absolute atomic E-state index is 13.0. The Morgan fingerprint density at radius 3 is 2.27 bits per heavy atom. The highest BCUT2D eigenvalue weighted by atomic mass is 16.5.